The van der Waals surface area contributed by atoms with Crippen molar-refractivity contribution >= 4 is 28.8 Å². The Labute approximate surface area is 104 Å². The predicted octanol–water partition coefficient (Wildman–Crippen LogP) is 1.80. The lowest BCUT2D eigenvalue weighted by atomic mass is 10.2. The van der Waals surface area contributed by atoms with Crippen molar-refractivity contribution in [3.63, 3.8) is 0 Å². The molecule has 1 aromatic carbocycles. The van der Waals surface area contributed by atoms with Gasteiger partial charge in [0.2, 0.25) is 0 Å². The van der Waals surface area contributed by atoms with Crippen molar-refractivity contribution in [2.75, 3.05) is 0 Å². The Balaban J connectivity index is 1.98. The van der Waals surface area contributed by atoms with Gasteiger partial charge in [-0.1, -0.05) is 0 Å². The zero-order chi connectivity index (χ0) is 12.5. The lowest BCUT2D eigenvalue weighted by molar-refractivity contribution is 0.0697. The molecule has 0 unspecified atom stereocenters. The number of fused-ring (bicyclic) bond motifs is 1. The molecule has 0 atom stereocenters. The van der Waals surface area contributed by atoms with Crippen LogP contribution in [0.2, 0.25) is 0 Å². The molecule has 0 amide bonds. The maximum absolute atomic E-state index is 10.8. The molecule has 2 heterocycles. The highest BCUT2D eigenvalue weighted by Gasteiger charge is 2.11. The van der Waals surface area contributed by atoms with E-state index < -0.39 is 5.97 Å². The standard InChI is InChI=1S/C10H6N4O3S/c15-8(16)5-1-2-6-7(3-5)17-10(13-6)18-9-11-4-12-14-9/h1-4H,(H,15,16)(H,11,12,14). The van der Waals surface area contributed by atoms with Gasteiger partial charge in [0.25, 0.3) is 5.22 Å². The van der Waals surface area contributed by atoms with Gasteiger partial charge < -0.3 is 9.52 Å². The van der Waals surface area contributed by atoms with Crippen LogP contribution >= 0.6 is 11.8 Å². The number of aromatic nitrogens is 4. The van der Waals surface area contributed by atoms with Crippen LogP contribution in [-0.4, -0.2) is 31.2 Å². The number of carboxylic acids is 1. The average Bonchev–Trinajstić information content (AvgIpc) is 2.96. The zero-order valence-corrected chi connectivity index (χ0v) is 9.64. The second kappa shape index (κ2) is 4.15. The summed E-state index contributed by atoms with van der Waals surface area (Å²) in [5.74, 6) is -1.00. The van der Waals surface area contributed by atoms with Crippen LogP contribution in [0.5, 0.6) is 0 Å². The van der Waals surface area contributed by atoms with Gasteiger partial charge in [0.1, 0.15) is 11.8 Å². The third-order valence-corrected chi connectivity index (χ3v) is 2.93. The molecule has 0 aliphatic carbocycles. The number of hydrogen-bond acceptors (Lipinski definition) is 6. The number of aromatic carboxylic acids is 1. The summed E-state index contributed by atoms with van der Waals surface area (Å²) in [5, 5.41) is 16.2. The summed E-state index contributed by atoms with van der Waals surface area (Å²) in [4.78, 5) is 19.0. The Kier molecular flexibility index (Phi) is 2.49. The molecule has 2 aromatic heterocycles. The predicted molar refractivity (Wildman–Crippen MR) is 61.5 cm³/mol. The van der Waals surface area contributed by atoms with Crippen molar-refractivity contribution < 1.29 is 14.3 Å². The topological polar surface area (TPSA) is 105 Å². The normalized spacial score (nSPS) is 10.9. The Morgan fingerprint density at radius 1 is 1.44 bits per heavy atom. The lowest BCUT2D eigenvalue weighted by Gasteiger charge is -1.91. The van der Waals surface area contributed by atoms with Gasteiger partial charge in [-0.05, 0) is 18.2 Å². The number of aromatic amines is 1. The SMILES string of the molecule is O=C(O)c1ccc2nc(Sc3ncn[nH]3)oc2c1. The fourth-order valence-corrected chi connectivity index (χ4v) is 2.05. The van der Waals surface area contributed by atoms with E-state index >= 15 is 0 Å². The molecule has 0 aliphatic rings. The van der Waals surface area contributed by atoms with E-state index in [4.69, 9.17) is 9.52 Å². The van der Waals surface area contributed by atoms with Gasteiger partial charge in [0, 0.05) is 11.8 Å². The first-order chi connectivity index (χ1) is 8.72. The molecule has 3 rings (SSSR count). The smallest absolute Gasteiger partial charge is 0.335 e. The van der Waals surface area contributed by atoms with Crippen molar-refractivity contribution in [1.29, 1.82) is 0 Å². The molecule has 8 heteroatoms. The molecule has 0 spiro atoms. The van der Waals surface area contributed by atoms with Crippen LogP contribution in [0.3, 0.4) is 0 Å². The molecule has 18 heavy (non-hydrogen) atoms. The van der Waals surface area contributed by atoms with Crippen LogP contribution in [0, 0.1) is 0 Å². The highest BCUT2D eigenvalue weighted by Crippen LogP contribution is 2.27. The van der Waals surface area contributed by atoms with E-state index in [1.807, 2.05) is 0 Å². The molecule has 0 radical (unpaired) electrons. The first-order valence-corrected chi connectivity index (χ1v) is 5.71. The maximum Gasteiger partial charge on any atom is 0.335 e. The number of H-pyrrole nitrogens is 1. The molecule has 0 bridgehead atoms. The van der Waals surface area contributed by atoms with E-state index in [0.29, 0.717) is 21.5 Å². The van der Waals surface area contributed by atoms with Crippen LogP contribution in [0.25, 0.3) is 11.1 Å². The Morgan fingerprint density at radius 3 is 3.06 bits per heavy atom. The number of benzene rings is 1. The van der Waals surface area contributed by atoms with Gasteiger partial charge in [0.15, 0.2) is 10.7 Å². The summed E-state index contributed by atoms with van der Waals surface area (Å²) in [5.41, 5.74) is 1.19. The number of nitrogens with one attached hydrogen (secondary N) is 1. The Bertz CT molecular complexity index is 707. The minimum Gasteiger partial charge on any atom is -0.478 e. The molecule has 0 fully saturated rings. The molecule has 3 aromatic rings. The fourth-order valence-electron chi connectivity index (χ4n) is 1.41. The number of oxazole rings is 1. The van der Waals surface area contributed by atoms with Crippen LogP contribution < -0.4 is 0 Å². The van der Waals surface area contributed by atoms with E-state index in [2.05, 4.69) is 20.2 Å². The van der Waals surface area contributed by atoms with Gasteiger partial charge in [-0.25, -0.2) is 14.8 Å². The van der Waals surface area contributed by atoms with Crippen LogP contribution in [0.1, 0.15) is 10.4 Å². The summed E-state index contributed by atoms with van der Waals surface area (Å²) in [6, 6.07) is 4.53. The first-order valence-electron chi connectivity index (χ1n) is 4.89. The minimum absolute atomic E-state index is 0.162. The quantitative estimate of drug-likeness (QED) is 0.741. The van der Waals surface area contributed by atoms with Crippen LogP contribution in [0.4, 0.5) is 0 Å². The van der Waals surface area contributed by atoms with Gasteiger partial charge in [-0.3, -0.25) is 5.10 Å². The fraction of sp³-hybridized carbons (Fsp3) is 0. The van der Waals surface area contributed by atoms with E-state index in [1.54, 1.807) is 6.07 Å². The molecule has 0 saturated heterocycles. The monoisotopic (exact) mass is 262 g/mol. The Morgan fingerprint density at radius 2 is 2.33 bits per heavy atom. The zero-order valence-electron chi connectivity index (χ0n) is 8.82. The number of rotatable bonds is 3. The van der Waals surface area contributed by atoms with Crippen molar-refractivity contribution in [3.8, 4) is 0 Å². The molecule has 2 N–H and O–H groups in total. The first kappa shape index (κ1) is 10.8. The number of nitrogens with zero attached hydrogens (tertiary/aromatic N) is 3. The summed E-state index contributed by atoms with van der Waals surface area (Å²) < 4.78 is 5.43. The highest BCUT2D eigenvalue weighted by atomic mass is 32.2. The summed E-state index contributed by atoms with van der Waals surface area (Å²) >= 11 is 1.18. The lowest BCUT2D eigenvalue weighted by Crippen LogP contribution is -1.94. The van der Waals surface area contributed by atoms with Crippen LogP contribution in [-0.2, 0) is 0 Å². The number of hydrogen-bond donors (Lipinski definition) is 2. The number of carbonyl (C=O) groups is 1. The van der Waals surface area contributed by atoms with E-state index in [-0.39, 0.29) is 5.56 Å². The van der Waals surface area contributed by atoms with Gasteiger partial charge in [-0.15, -0.1) is 0 Å². The second-order valence-electron chi connectivity index (χ2n) is 3.36. The largest absolute Gasteiger partial charge is 0.478 e. The van der Waals surface area contributed by atoms with Gasteiger partial charge >= 0.3 is 5.97 Å². The Hall–Kier alpha value is -2.35. The summed E-state index contributed by atoms with van der Waals surface area (Å²) in [6.45, 7) is 0. The van der Waals surface area contributed by atoms with E-state index in [1.165, 1.54) is 30.2 Å². The molecule has 0 aliphatic heterocycles. The summed E-state index contributed by atoms with van der Waals surface area (Å²) in [7, 11) is 0. The number of carboxylic acid groups (broad SMARTS) is 1. The third-order valence-electron chi connectivity index (χ3n) is 2.19. The molecule has 90 valence electrons. The van der Waals surface area contributed by atoms with E-state index in [0.717, 1.165) is 0 Å². The van der Waals surface area contributed by atoms with Crippen molar-refractivity contribution in [3.05, 3.63) is 30.1 Å². The van der Waals surface area contributed by atoms with E-state index in [9.17, 15) is 4.79 Å². The van der Waals surface area contributed by atoms with Gasteiger partial charge in [0.05, 0.1) is 5.56 Å². The minimum atomic E-state index is -1.00. The average molecular weight is 262 g/mol. The maximum atomic E-state index is 10.8. The van der Waals surface area contributed by atoms with Gasteiger partial charge in [-0.2, -0.15) is 5.10 Å². The summed E-state index contributed by atoms with van der Waals surface area (Å²) in [6.07, 6.45) is 1.38. The highest BCUT2D eigenvalue weighted by molar-refractivity contribution is 7.98. The van der Waals surface area contributed by atoms with Crippen LogP contribution in [0.15, 0.2) is 39.3 Å². The van der Waals surface area contributed by atoms with Crippen molar-refractivity contribution in [2.45, 2.75) is 10.4 Å². The molecular weight excluding hydrogens is 256 g/mol. The third kappa shape index (κ3) is 1.93. The molecular formula is C10H6N4O3S. The molecule has 7 nitrogen and oxygen atoms in total. The second-order valence-corrected chi connectivity index (χ2v) is 4.30. The van der Waals surface area contributed by atoms with Crippen molar-refractivity contribution in [2.24, 2.45) is 0 Å². The molecule has 0 saturated carbocycles. The van der Waals surface area contributed by atoms with Crippen molar-refractivity contribution in [1.82, 2.24) is 20.2 Å².